The smallest absolute Gasteiger partial charge is 0.251 e. The second-order valence-electron chi connectivity index (χ2n) is 5.87. The second-order valence-corrected chi connectivity index (χ2v) is 5.87. The Hall–Kier alpha value is -2.30. The van der Waals surface area contributed by atoms with Gasteiger partial charge in [-0.2, -0.15) is 0 Å². The number of aryl methyl sites for hydroxylation is 2. The monoisotopic (exact) mass is 358 g/mol. The Labute approximate surface area is 153 Å². The molecule has 0 spiro atoms. The van der Waals surface area contributed by atoms with Gasteiger partial charge in [0.05, 0.1) is 6.54 Å². The molecule has 0 aliphatic heterocycles. The van der Waals surface area contributed by atoms with Gasteiger partial charge in [-0.05, 0) is 37.1 Å². The first-order valence-electron chi connectivity index (χ1n) is 8.24. The molecule has 0 amide bonds. The van der Waals surface area contributed by atoms with Gasteiger partial charge in [-0.1, -0.05) is 37.3 Å². The Kier molecular flexibility index (Phi) is 6.62. The van der Waals surface area contributed by atoms with Gasteiger partial charge >= 0.3 is 0 Å². The summed E-state index contributed by atoms with van der Waals surface area (Å²) in [6, 6.07) is 16.1. The molecule has 0 saturated carbocycles. The summed E-state index contributed by atoms with van der Waals surface area (Å²) in [5.41, 5.74) is 3.77. The van der Waals surface area contributed by atoms with Gasteiger partial charge in [0.2, 0.25) is 0 Å². The fourth-order valence-electron chi connectivity index (χ4n) is 2.73. The summed E-state index contributed by atoms with van der Waals surface area (Å²) < 4.78 is 5.94. The molecule has 0 radical (unpaired) electrons. The molecule has 3 aromatic rings. The Morgan fingerprint density at radius 1 is 1.08 bits per heavy atom. The highest BCUT2D eigenvalue weighted by Gasteiger charge is 2.10. The SMILES string of the molecule is CCc1cc(-c2ccc(CNCc3ccccc3)o2)c(C)[nH]c1=O.Cl. The zero-order chi connectivity index (χ0) is 16.9. The highest BCUT2D eigenvalue weighted by atomic mass is 35.5. The molecule has 25 heavy (non-hydrogen) atoms. The van der Waals surface area contributed by atoms with Crippen molar-refractivity contribution in [2.24, 2.45) is 0 Å². The first-order chi connectivity index (χ1) is 11.7. The number of rotatable bonds is 6. The summed E-state index contributed by atoms with van der Waals surface area (Å²) >= 11 is 0. The molecule has 2 N–H and O–H groups in total. The van der Waals surface area contributed by atoms with Crippen LogP contribution in [-0.2, 0) is 19.5 Å². The van der Waals surface area contributed by atoms with E-state index < -0.39 is 0 Å². The molecule has 4 nitrogen and oxygen atoms in total. The van der Waals surface area contributed by atoms with Gasteiger partial charge in [-0.3, -0.25) is 4.79 Å². The van der Waals surface area contributed by atoms with E-state index in [2.05, 4.69) is 22.4 Å². The molecule has 0 atom stereocenters. The van der Waals surface area contributed by atoms with Crippen molar-refractivity contribution < 1.29 is 4.42 Å². The summed E-state index contributed by atoms with van der Waals surface area (Å²) in [7, 11) is 0. The number of halogens is 1. The van der Waals surface area contributed by atoms with Crippen LogP contribution in [0.4, 0.5) is 0 Å². The molecule has 3 rings (SSSR count). The summed E-state index contributed by atoms with van der Waals surface area (Å²) in [4.78, 5) is 14.7. The highest BCUT2D eigenvalue weighted by molar-refractivity contribution is 5.85. The molecule has 0 unspecified atom stereocenters. The van der Waals surface area contributed by atoms with Crippen LogP contribution in [0.15, 0.2) is 57.7 Å². The Balaban J connectivity index is 0.00000225. The molecule has 0 bridgehead atoms. The third kappa shape index (κ3) is 4.62. The van der Waals surface area contributed by atoms with E-state index in [1.54, 1.807) is 0 Å². The minimum Gasteiger partial charge on any atom is -0.460 e. The average molecular weight is 359 g/mol. The highest BCUT2D eigenvalue weighted by Crippen LogP contribution is 2.24. The first-order valence-corrected chi connectivity index (χ1v) is 8.24. The number of aromatic nitrogens is 1. The fraction of sp³-hybridized carbons (Fsp3) is 0.250. The number of aromatic amines is 1. The van der Waals surface area contributed by atoms with E-state index >= 15 is 0 Å². The summed E-state index contributed by atoms with van der Waals surface area (Å²) in [6.45, 7) is 5.34. The van der Waals surface area contributed by atoms with E-state index in [-0.39, 0.29) is 18.0 Å². The molecule has 1 aromatic carbocycles. The van der Waals surface area contributed by atoms with Gasteiger partial charge < -0.3 is 14.7 Å². The zero-order valence-electron chi connectivity index (χ0n) is 14.5. The van der Waals surface area contributed by atoms with Crippen LogP contribution < -0.4 is 10.9 Å². The van der Waals surface area contributed by atoms with E-state index in [9.17, 15) is 4.79 Å². The average Bonchev–Trinajstić information content (AvgIpc) is 3.04. The number of furan rings is 1. The maximum absolute atomic E-state index is 11.8. The third-order valence-corrected chi connectivity index (χ3v) is 4.09. The van der Waals surface area contributed by atoms with E-state index in [4.69, 9.17) is 4.42 Å². The maximum Gasteiger partial charge on any atom is 0.251 e. The molecule has 2 aromatic heterocycles. The lowest BCUT2D eigenvalue weighted by Gasteiger charge is -2.06. The van der Waals surface area contributed by atoms with Crippen LogP contribution >= 0.6 is 12.4 Å². The van der Waals surface area contributed by atoms with E-state index in [1.165, 1.54) is 5.56 Å². The molecule has 132 valence electrons. The number of hydrogen-bond acceptors (Lipinski definition) is 3. The van der Waals surface area contributed by atoms with Crippen molar-refractivity contribution in [3.63, 3.8) is 0 Å². The predicted molar refractivity (Wildman–Crippen MR) is 103 cm³/mol. The molecule has 0 aliphatic rings. The van der Waals surface area contributed by atoms with Crippen molar-refractivity contribution in [2.45, 2.75) is 33.4 Å². The first kappa shape index (κ1) is 19.0. The molecule has 2 heterocycles. The van der Waals surface area contributed by atoms with E-state index in [1.807, 2.05) is 50.2 Å². The molecular weight excluding hydrogens is 336 g/mol. The minimum atomic E-state index is -0.0185. The van der Waals surface area contributed by atoms with Crippen LogP contribution in [0.1, 0.15) is 29.5 Å². The zero-order valence-corrected chi connectivity index (χ0v) is 15.3. The maximum atomic E-state index is 11.8. The van der Waals surface area contributed by atoms with Gasteiger partial charge in [-0.25, -0.2) is 0 Å². The third-order valence-electron chi connectivity index (χ3n) is 4.09. The summed E-state index contributed by atoms with van der Waals surface area (Å²) in [6.07, 6.45) is 0.703. The van der Waals surface area contributed by atoms with E-state index in [0.29, 0.717) is 13.0 Å². The largest absolute Gasteiger partial charge is 0.460 e. The van der Waals surface area contributed by atoms with Crippen LogP contribution in [0, 0.1) is 6.92 Å². The van der Waals surface area contributed by atoms with Gasteiger partial charge in [0.1, 0.15) is 11.5 Å². The molecule has 0 saturated heterocycles. The quantitative estimate of drug-likeness (QED) is 0.693. The van der Waals surface area contributed by atoms with Gasteiger partial charge in [0.15, 0.2) is 0 Å². The van der Waals surface area contributed by atoms with Crippen molar-refractivity contribution in [2.75, 3.05) is 0 Å². The lowest BCUT2D eigenvalue weighted by atomic mass is 10.1. The van der Waals surface area contributed by atoms with Crippen LogP contribution in [0.3, 0.4) is 0 Å². The Bertz CT molecular complexity index is 869. The molecule has 5 heteroatoms. The number of nitrogens with one attached hydrogen (secondary N) is 2. The topological polar surface area (TPSA) is 58.0 Å². The number of benzene rings is 1. The molecular formula is C20H23ClN2O2. The van der Waals surface area contributed by atoms with E-state index in [0.717, 1.165) is 34.9 Å². The van der Waals surface area contributed by atoms with Crippen molar-refractivity contribution in [3.8, 4) is 11.3 Å². The minimum absolute atomic E-state index is 0. The van der Waals surface area contributed by atoms with Gasteiger partial charge in [0.25, 0.3) is 5.56 Å². The lowest BCUT2D eigenvalue weighted by Crippen LogP contribution is -2.13. The van der Waals surface area contributed by atoms with Crippen LogP contribution in [0.2, 0.25) is 0 Å². The second kappa shape index (κ2) is 8.70. The standard InChI is InChI=1S/C20H22N2O2.ClH/c1-3-16-11-18(14(2)22-20(16)23)19-10-9-17(24-19)13-21-12-15-7-5-4-6-8-15;/h4-11,21H,3,12-13H2,1-2H3,(H,22,23);1H. The summed E-state index contributed by atoms with van der Waals surface area (Å²) in [5.74, 6) is 1.67. The lowest BCUT2D eigenvalue weighted by molar-refractivity contribution is 0.493. The number of H-pyrrole nitrogens is 1. The number of hydrogen-bond donors (Lipinski definition) is 2. The van der Waals surface area contributed by atoms with Crippen LogP contribution in [-0.4, -0.2) is 4.98 Å². The van der Waals surface area contributed by atoms with Crippen molar-refractivity contribution >= 4 is 12.4 Å². The number of pyridine rings is 1. The van der Waals surface area contributed by atoms with Gasteiger partial charge in [-0.15, -0.1) is 12.4 Å². The van der Waals surface area contributed by atoms with Crippen LogP contribution in [0.25, 0.3) is 11.3 Å². The fourth-order valence-corrected chi connectivity index (χ4v) is 2.73. The van der Waals surface area contributed by atoms with Crippen LogP contribution in [0.5, 0.6) is 0 Å². The summed E-state index contributed by atoms with van der Waals surface area (Å²) in [5, 5.41) is 3.38. The van der Waals surface area contributed by atoms with Crippen molar-refractivity contribution in [3.05, 3.63) is 81.5 Å². The molecule has 0 aliphatic carbocycles. The Morgan fingerprint density at radius 3 is 2.56 bits per heavy atom. The Morgan fingerprint density at radius 2 is 1.84 bits per heavy atom. The van der Waals surface area contributed by atoms with Crippen molar-refractivity contribution in [1.82, 2.24) is 10.3 Å². The van der Waals surface area contributed by atoms with Gasteiger partial charge in [0, 0.05) is 23.4 Å². The predicted octanol–water partition coefficient (Wildman–Crippen LogP) is 4.22. The normalized spacial score (nSPS) is 10.5. The molecule has 0 fully saturated rings. The van der Waals surface area contributed by atoms with Crippen molar-refractivity contribution in [1.29, 1.82) is 0 Å².